The second-order valence-corrected chi connectivity index (χ2v) is 20.6. The predicted molar refractivity (Wildman–Crippen MR) is 309 cm³/mol. The van der Waals surface area contributed by atoms with E-state index < -0.39 is 24.3 Å². The summed E-state index contributed by atoms with van der Waals surface area (Å²) in [5, 5.41) is 9.71. The molecule has 0 saturated carbocycles. The highest BCUT2D eigenvalue weighted by Crippen LogP contribution is 2.15. The molecule has 0 rings (SSSR count). The smallest absolute Gasteiger partial charge is 0.361 e. The number of likely N-dealkylation sites (N-methyl/N-ethyl adjacent to an activating group) is 1. The third kappa shape index (κ3) is 55.8. The second kappa shape index (κ2) is 54.5. The van der Waals surface area contributed by atoms with Crippen molar-refractivity contribution in [2.24, 2.45) is 0 Å². The maximum atomic E-state index is 12.9. The number of nitrogens with zero attached hydrogens (tertiary/aromatic N) is 1. The maximum absolute atomic E-state index is 12.9. The Hall–Kier alpha value is -3.79. The minimum absolute atomic E-state index is 0.182. The Morgan fingerprint density at radius 3 is 1.16 bits per heavy atom. The normalized spacial score (nSPS) is 13.5. The fourth-order valence-corrected chi connectivity index (χ4v) is 7.81. The Labute approximate surface area is 448 Å². The number of aliphatic carboxylic acids is 1. The molecule has 418 valence electrons. The van der Waals surface area contributed by atoms with Gasteiger partial charge in [0.25, 0.3) is 6.29 Å². The number of carbonyl (C=O) groups is 3. The fraction of sp³-hybridized carbons (Fsp3) is 0.703. The van der Waals surface area contributed by atoms with E-state index in [1.165, 1.54) is 109 Å². The summed E-state index contributed by atoms with van der Waals surface area (Å²) in [6.07, 6.45) is 70.5. The number of carbonyl (C=O) groups excluding carboxylic acids is 2. The number of hydrogen-bond donors (Lipinski definition) is 1. The molecule has 0 saturated heterocycles. The van der Waals surface area contributed by atoms with Crippen molar-refractivity contribution in [3.63, 3.8) is 0 Å². The third-order valence-electron chi connectivity index (χ3n) is 12.3. The van der Waals surface area contributed by atoms with Crippen LogP contribution < -0.4 is 0 Å². The second-order valence-electron chi connectivity index (χ2n) is 20.6. The van der Waals surface area contributed by atoms with Crippen LogP contribution in [0.25, 0.3) is 0 Å². The van der Waals surface area contributed by atoms with Crippen LogP contribution in [0, 0.1) is 0 Å². The summed E-state index contributed by atoms with van der Waals surface area (Å²) in [5.41, 5.74) is 0. The number of hydrogen-bond acceptors (Lipinski definition) is 7. The van der Waals surface area contributed by atoms with Gasteiger partial charge in [-0.2, -0.15) is 0 Å². The van der Waals surface area contributed by atoms with E-state index in [-0.39, 0.29) is 32.2 Å². The molecule has 0 aliphatic carbocycles. The molecule has 73 heavy (non-hydrogen) atoms. The predicted octanol–water partition coefficient (Wildman–Crippen LogP) is 17.3. The Morgan fingerprint density at radius 1 is 0.425 bits per heavy atom. The topological polar surface area (TPSA) is 108 Å². The van der Waals surface area contributed by atoms with Gasteiger partial charge in [-0.25, -0.2) is 4.79 Å². The molecule has 0 amide bonds. The molecule has 0 aliphatic rings. The van der Waals surface area contributed by atoms with Crippen LogP contribution in [0.5, 0.6) is 0 Å². The van der Waals surface area contributed by atoms with Gasteiger partial charge in [-0.3, -0.25) is 9.59 Å². The van der Waals surface area contributed by atoms with Gasteiger partial charge in [-0.15, -0.1) is 0 Å². The summed E-state index contributed by atoms with van der Waals surface area (Å²) in [7, 11) is 5.96. The van der Waals surface area contributed by atoms with Crippen LogP contribution in [0.1, 0.15) is 232 Å². The molecule has 9 nitrogen and oxygen atoms in total. The summed E-state index contributed by atoms with van der Waals surface area (Å²) < 4.78 is 22.9. The highest BCUT2D eigenvalue weighted by molar-refractivity contribution is 5.71. The molecule has 0 aromatic heterocycles. The van der Waals surface area contributed by atoms with E-state index in [1.54, 1.807) is 0 Å². The highest BCUT2D eigenvalue weighted by Gasteiger charge is 2.25. The monoisotopic (exact) mass is 1020 g/mol. The van der Waals surface area contributed by atoms with E-state index in [1.807, 2.05) is 21.1 Å². The standard InChI is InChI=1S/C64H109NO8/c1-6-8-10-12-14-16-18-20-22-24-26-27-28-29-30-31-32-33-34-35-37-39-41-43-45-47-49-51-53-55-62(67)73-60(59-72-64(63(68)69)70-57-56-65(3,4)5)58-71-61(66)54-52-50-48-46-44-42-40-38-36-25-23-21-19-17-15-13-11-9-7-2/h8,10,14-17,20-23,26-27,29-30,32-33,60,64H,6-7,9,11-13,18-19,24-25,28,31,34-59H2,1-5H3/p+1/b10-8-,16-14-,17-15-,22-20-,23-21-,27-26-,30-29-,33-32-. The molecular formula is C64H110NO8+. The van der Waals surface area contributed by atoms with Crippen LogP contribution >= 0.6 is 0 Å². The largest absolute Gasteiger partial charge is 0.477 e. The van der Waals surface area contributed by atoms with E-state index >= 15 is 0 Å². The van der Waals surface area contributed by atoms with Crippen molar-refractivity contribution in [1.29, 1.82) is 0 Å². The molecule has 2 atom stereocenters. The summed E-state index contributed by atoms with van der Waals surface area (Å²) in [4.78, 5) is 37.4. The first-order valence-corrected chi connectivity index (χ1v) is 29.4. The van der Waals surface area contributed by atoms with Gasteiger partial charge in [-0.1, -0.05) is 220 Å². The van der Waals surface area contributed by atoms with E-state index in [0.29, 0.717) is 23.9 Å². The van der Waals surface area contributed by atoms with E-state index in [2.05, 4.69) is 111 Å². The van der Waals surface area contributed by atoms with E-state index in [4.69, 9.17) is 18.9 Å². The molecule has 9 heteroatoms. The Morgan fingerprint density at radius 2 is 0.781 bits per heavy atom. The SMILES string of the molecule is CC/C=C\C/C=C\C/C=C\C/C=C\C/C=C\C/C=C\CCCCCCCCCCCCC(=O)OC(COC(=O)CCCCCCCCCCC/C=C\C/C=C\CCCCC)COC(OCC[N+](C)(C)C)C(=O)O. The molecule has 0 aromatic rings. The van der Waals surface area contributed by atoms with Gasteiger partial charge < -0.3 is 28.5 Å². The third-order valence-corrected chi connectivity index (χ3v) is 12.3. The van der Waals surface area contributed by atoms with Crippen LogP contribution in [0.15, 0.2) is 97.2 Å². The van der Waals surface area contributed by atoms with Crippen molar-refractivity contribution in [2.45, 2.75) is 245 Å². The van der Waals surface area contributed by atoms with Crippen molar-refractivity contribution >= 4 is 17.9 Å². The van der Waals surface area contributed by atoms with Crippen LogP contribution in [-0.4, -0.2) is 87.4 Å². The number of quaternary nitrogens is 1. The summed E-state index contributed by atoms with van der Waals surface area (Å²) in [6, 6.07) is 0. The van der Waals surface area contributed by atoms with E-state index in [0.717, 1.165) is 89.9 Å². The molecule has 0 bridgehead atoms. The zero-order chi connectivity index (χ0) is 53.4. The van der Waals surface area contributed by atoms with Crippen LogP contribution in [0.4, 0.5) is 0 Å². The number of allylic oxidation sites excluding steroid dienone is 16. The first kappa shape index (κ1) is 69.2. The van der Waals surface area contributed by atoms with E-state index in [9.17, 15) is 19.5 Å². The Balaban J connectivity index is 4.26. The lowest BCUT2D eigenvalue weighted by atomic mass is 10.0. The molecule has 0 spiro atoms. The van der Waals surface area contributed by atoms with Crippen molar-refractivity contribution in [3.8, 4) is 0 Å². The lowest BCUT2D eigenvalue weighted by Crippen LogP contribution is -2.40. The zero-order valence-corrected chi connectivity index (χ0v) is 47.5. The molecule has 2 unspecified atom stereocenters. The van der Waals surface area contributed by atoms with Gasteiger partial charge in [0.1, 0.15) is 13.2 Å². The van der Waals surface area contributed by atoms with Gasteiger partial charge in [0.15, 0.2) is 6.10 Å². The molecular weight excluding hydrogens is 911 g/mol. The highest BCUT2D eigenvalue weighted by atomic mass is 16.7. The molecule has 0 aliphatic heterocycles. The number of carboxylic acids is 1. The number of esters is 2. The molecule has 0 fully saturated rings. The minimum atomic E-state index is -1.52. The molecule has 0 heterocycles. The van der Waals surface area contributed by atoms with Crippen molar-refractivity contribution < 1.29 is 42.9 Å². The first-order chi connectivity index (χ1) is 35.6. The lowest BCUT2D eigenvalue weighted by Gasteiger charge is -2.25. The van der Waals surface area contributed by atoms with Crippen molar-refractivity contribution in [3.05, 3.63) is 97.2 Å². The van der Waals surface area contributed by atoms with Gasteiger partial charge in [-0.05, 0) is 96.3 Å². The summed E-state index contributed by atoms with van der Waals surface area (Å²) in [5.74, 6) is -2.02. The van der Waals surface area contributed by atoms with Crippen molar-refractivity contribution in [1.82, 2.24) is 0 Å². The van der Waals surface area contributed by atoms with Gasteiger partial charge in [0.05, 0.1) is 34.4 Å². The first-order valence-electron chi connectivity index (χ1n) is 29.4. The molecule has 1 N–H and O–H groups in total. The quantitative estimate of drug-likeness (QED) is 0.0211. The maximum Gasteiger partial charge on any atom is 0.361 e. The summed E-state index contributed by atoms with van der Waals surface area (Å²) >= 11 is 0. The fourth-order valence-electron chi connectivity index (χ4n) is 7.81. The number of ether oxygens (including phenoxy) is 4. The van der Waals surface area contributed by atoms with Crippen molar-refractivity contribution in [2.75, 3.05) is 47.5 Å². The molecule has 0 radical (unpaired) electrons. The summed E-state index contributed by atoms with van der Waals surface area (Å²) in [6.45, 7) is 4.73. The van der Waals surface area contributed by atoms with Crippen LogP contribution in [0.3, 0.4) is 0 Å². The number of unbranched alkanes of at least 4 members (excludes halogenated alkanes) is 22. The average Bonchev–Trinajstić information content (AvgIpc) is 3.36. The van der Waals surface area contributed by atoms with Crippen LogP contribution in [0.2, 0.25) is 0 Å². The Bertz CT molecular complexity index is 1520. The van der Waals surface area contributed by atoms with Gasteiger partial charge >= 0.3 is 17.9 Å². The minimum Gasteiger partial charge on any atom is -0.477 e. The zero-order valence-electron chi connectivity index (χ0n) is 47.5. The Kier molecular flexibility index (Phi) is 51.6. The number of carboxylic acid groups (broad SMARTS) is 1. The average molecular weight is 1020 g/mol. The van der Waals surface area contributed by atoms with Crippen LogP contribution in [-0.2, 0) is 33.3 Å². The molecule has 0 aromatic carbocycles. The number of rotatable bonds is 53. The van der Waals surface area contributed by atoms with Gasteiger partial charge in [0, 0.05) is 12.8 Å². The van der Waals surface area contributed by atoms with Gasteiger partial charge in [0.2, 0.25) is 0 Å². The lowest BCUT2D eigenvalue weighted by molar-refractivity contribution is -0.870.